The van der Waals surface area contributed by atoms with Gasteiger partial charge in [0.15, 0.2) is 0 Å². The van der Waals surface area contributed by atoms with Gasteiger partial charge in [0, 0.05) is 44.3 Å². The highest BCUT2D eigenvalue weighted by atomic mass is 16.2. The number of amides is 3. The molecule has 1 saturated heterocycles. The first kappa shape index (κ1) is 20.9. The Morgan fingerprint density at radius 1 is 0.844 bits per heavy atom. The lowest BCUT2D eigenvalue weighted by atomic mass is 10.0. The van der Waals surface area contributed by atoms with E-state index in [-0.39, 0.29) is 17.7 Å². The summed E-state index contributed by atoms with van der Waals surface area (Å²) in [5.41, 5.74) is 2.31. The molecule has 1 saturated carbocycles. The van der Waals surface area contributed by atoms with Crippen LogP contribution in [0.5, 0.6) is 0 Å². The Bertz CT molecular complexity index is 1020. The summed E-state index contributed by atoms with van der Waals surface area (Å²) in [5.74, 6) is -0.631. The average molecular weight is 432 g/mol. The van der Waals surface area contributed by atoms with Crippen molar-refractivity contribution >= 4 is 17.7 Å². The minimum atomic E-state index is -0.304. The number of carbonyl (C=O) groups is 3. The number of nitrogens with zero attached hydrogens (tertiary/aromatic N) is 3. The second kappa shape index (κ2) is 8.87. The minimum Gasteiger partial charge on any atom is -0.336 e. The highest BCUT2D eigenvalue weighted by Crippen LogP contribution is 2.27. The molecule has 0 atom stereocenters. The van der Waals surface area contributed by atoms with Crippen LogP contribution in [0.15, 0.2) is 48.5 Å². The Kier molecular flexibility index (Phi) is 5.79. The second-order valence-corrected chi connectivity index (χ2v) is 9.02. The van der Waals surface area contributed by atoms with Crippen LogP contribution in [-0.4, -0.2) is 71.2 Å². The Labute approximate surface area is 188 Å². The molecule has 6 nitrogen and oxygen atoms in total. The van der Waals surface area contributed by atoms with Crippen LogP contribution in [0.3, 0.4) is 0 Å². The number of carbonyl (C=O) groups excluding carboxylic acids is 3. The molecule has 0 aromatic heterocycles. The summed E-state index contributed by atoms with van der Waals surface area (Å²) in [5, 5.41) is 0. The van der Waals surface area contributed by atoms with E-state index in [1.54, 1.807) is 18.2 Å². The Balaban J connectivity index is 1.24. The summed E-state index contributed by atoms with van der Waals surface area (Å²) >= 11 is 0. The maximum Gasteiger partial charge on any atom is 0.261 e. The summed E-state index contributed by atoms with van der Waals surface area (Å²) < 4.78 is 0. The van der Waals surface area contributed by atoms with Crippen LogP contribution in [0.4, 0.5) is 0 Å². The molecule has 2 aromatic rings. The first-order valence-corrected chi connectivity index (χ1v) is 11.7. The van der Waals surface area contributed by atoms with Gasteiger partial charge in [-0.1, -0.05) is 43.2 Å². The van der Waals surface area contributed by atoms with Gasteiger partial charge in [0.2, 0.25) is 0 Å². The third kappa shape index (κ3) is 3.95. The van der Waals surface area contributed by atoms with E-state index in [2.05, 4.69) is 4.90 Å². The van der Waals surface area contributed by atoms with Crippen molar-refractivity contribution in [2.75, 3.05) is 32.7 Å². The van der Waals surface area contributed by atoms with Crippen LogP contribution in [0.2, 0.25) is 0 Å². The molecule has 5 rings (SSSR count). The van der Waals surface area contributed by atoms with Crippen molar-refractivity contribution in [2.24, 2.45) is 0 Å². The smallest absolute Gasteiger partial charge is 0.261 e. The molecule has 2 fully saturated rings. The molecule has 0 radical (unpaired) electrons. The number of hydrogen-bond donors (Lipinski definition) is 0. The SMILES string of the molecule is O=C(c1ccc2c(c1)C(=O)N(CCc1ccccc1)C2=O)N1CCN(C2CCCC2)CC1. The minimum absolute atomic E-state index is 0.0538. The van der Waals surface area contributed by atoms with Crippen LogP contribution in [0.1, 0.15) is 62.3 Å². The predicted molar refractivity (Wildman–Crippen MR) is 122 cm³/mol. The lowest BCUT2D eigenvalue weighted by Crippen LogP contribution is -2.51. The van der Waals surface area contributed by atoms with Gasteiger partial charge in [0.05, 0.1) is 11.1 Å². The summed E-state index contributed by atoms with van der Waals surface area (Å²) in [6.07, 6.45) is 5.79. The summed E-state index contributed by atoms with van der Waals surface area (Å²) in [4.78, 5) is 44.5. The third-order valence-electron chi connectivity index (χ3n) is 7.13. The Morgan fingerprint density at radius 2 is 1.53 bits per heavy atom. The van der Waals surface area contributed by atoms with Gasteiger partial charge in [-0.2, -0.15) is 0 Å². The second-order valence-electron chi connectivity index (χ2n) is 9.02. The molecule has 0 N–H and O–H groups in total. The molecule has 0 spiro atoms. The van der Waals surface area contributed by atoms with Crippen molar-refractivity contribution in [1.82, 2.24) is 14.7 Å². The fourth-order valence-corrected chi connectivity index (χ4v) is 5.25. The monoisotopic (exact) mass is 431 g/mol. The van der Waals surface area contributed by atoms with Crippen molar-refractivity contribution < 1.29 is 14.4 Å². The van der Waals surface area contributed by atoms with E-state index >= 15 is 0 Å². The van der Waals surface area contributed by atoms with Crippen molar-refractivity contribution in [3.05, 3.63) is 70.8 Å². The number of piperazine rings is 1. The number of rotatable bonds is 5. The van der Waals surface area contributed by atoms with Gasteiger partial charge in [-0.15, -0.1) is 0 Å². The van der Waals surface area contributed by atoms with Crippen LogP contribution >= 0.6 is 0 Å². The molecule has 6 heteroatoms. The van der Waals surface area contributed by atoms with Crippen LogP contribution < -0.4 is 0 Å². The molecule has 0 unspecified atom stereocenters. The van der Waals surface area contributed by atoms with Crippen molar-refractivity contribution in [1.29, 1.82) is 0 Å². The van der Waals surface area contributed by atoms with Crippen molar-refractivity contribution in [3.8, 4) is 0 Å². The van der Waals surface area contributed by atoms with E-state index < -0.39 is 0 Å². The Hall–Kier alpha value is -2.99. The highest BCUT2D eigenvalue weighted by Gasteiger charge is 2.36. The van der Waals surface area contributed by atoms with E-state index in [0.29, 0.717) is 48.8 Å². The lowest BCUT2D eigenvalue weighted by molar-refractivity contribution is 0.0573. The molecule has 2 aliphatic heterocycles. The van der Waals surface area contributed by atoms with Gasteiger partial charge in [-0.25, -0.2) is 0 Å². The van der Waals surface area contributed by atoms with Gasteiger partial charge >= 0.3 is 0 Å². The third-order valence-corrected chi connectivity index (χ3v) is 7.13. The van der Waals surface area contributed by atoms with Crippen LogP contribution in [0.25, 0.3) is 0 Å². The van der Waals surface area contributed by atoms with Gasteiger partial charge in [-0.05, 0) is 43.0 Å². The number of benzene rings is 2. The van der Waals surface area contributed by atoms with E-state index in [4.69, 9.17) is 0 Å². The molecular formula is C26H29N3O3. The van der Waals surface area contributed by atoms with Gasteiger partial charge < -0.3 is 4.90 Å². The van der Waals surface area contributed by atoms with Crippen LogP contribution in [-0.2, 0) is 6.42 Å². The maximum atomic E-state index is 13.1. The Morgan fingerprint density at radius 3 is 2.25 bits per heavy atom. The standard InChI is InChI=1S/C26H29N3O3/c30-24(28-16-14-27(15-17-28)21-8-4-5-9-21)20-10-11-22-23(18-20)26(32)29(25(22)31)13-12-19-6-2-1-3-7-19/h1-3,6-7,10-11,18,21H,4-5,8-9,12-17H2. The quantitative estimate of drug-likeness (QED) is 0.682. The van der Waals surface area contributed by atoms with Gasteiger partial charge in [0.1, 0.15) is 0 Å². The van der Waals surface area contributed by atoms with Crippen molar-refractivity contribution in [2.45, 2.75) is 38.1 Å². The normalized spacial score (nSPS) is 19.6. The van der Waals surface area contributed by atoms with E-state index in [1.807, 2.05) is 35.2 Å². The van der Waals surface area contributed by atoms with E-state index in [9.17, 15) is 14.4 Å². The average Bonchev–Trinajstić information content (AvgIpc) is 3.46. The topological polar surface area (TPSA) is 60.9 Å². The molecule has 3 aliphatic rings. The molecule has 3 amide bonds. The highest BCUT2D eigenvalue weighted by molar-refractivity contribution is 6.22. The molecular weight excluding hydrogens is 402 g/mol. The molecule has 1 aliphatic carbocycles. The molecule has 2 heterocycles. The molecule has 2 aromatic carbocycles. The predicted octanol–water partition coefficient (Wildman–Crippen LogP) is 3.23. The molecule has 0 bridgehead atoms. The van der Waals surface area contributed by atoms with Gasteiger partial charge in [-0.3, -0.25) is 24.2 Å². The fraction of sp³-hybridized carbons (Fsp3) is 0.423. The van der Waals surface area contributed by atoms with Crippen LogP contribution in [0, 0.1) is 0 Å². The zero-order valence-corrected chi connectivity index (χ0v) is 18.3. The number of imide groups is 1. The van der Waals surface area contributed by atoms with E-state index in [1.165, 1.54) is 30.6 Å². The zero-order chi connectivity index (χ0) is 22.1. The molecule has 32 heavy (non-hydrogen) atoms. The summed E-state index contributed by atoms with van der Waals surface area (Å²) in [6, 6.07) is 15.4. The fourth-order valence-electron chi connectivity index (χ4n) is 5.25. The van der Waals surface area contributed by atoms with E-state index in [0.717, 1.165) is 18.7 Å². The zero-order valence-electron chi connectivity index (χ0n) is 18.3. The van der Waals surface area contributed by atoms with Gasteiger partial charge in [0.25, 0.3) is 17.7 Å². The maximum absolute atomic E-state index is 13.1. The largest absolute Gasteiger partial charge is 0.336 e. The molecule has 166 valence electrons. The summed E-state index contributed by atoms with van der Waals surface area (Å²) in [6.45, 7) is 3.58. The lowest BCUT2D eigenvalue weighted by Gasteiger charge is -2.38. The summed E-state index contributed by atoms with van der Waals surface area (Å²) in [7, 11) is 0. The number of fused-ring (bicyclic) bond motifs is 1. The first-order valence-electron chi connectivity index (χ1n) is 11.7. The number of hydrogen-bond acceptors (Lipinski definition) is 4. The van der Waals surface area contributed by atoms with Crippen molar-refractivity contribution in [3.63, 3.8) is 0 Å². The first-order chi connectivity index (χ1) is 15.6.